The average Bonchev–Trinajstić information content (AvgIpc) is 2.71. The lowest BCUT2D eigenvalue weighted by molar-refractivity contribution is -0.123. The van der Waals surface area contributed by atoms with Crippen LogP contribution in [0.1, 0.15) is 43.6 Å². The van der Waals surface area contributed by atoms with Crippen molar-refractivity contribution in [3.05, 3.63) is 59.7 Å². The summed E-state index contributed by atoms with van der Waals surface area (Å²) in [7, 11) is 0. The lowest BCUT2D eigenvalue weighted by Crippen LogP contribution is -2.48. The molecule has 1 aliphatic rings. The van der Waals surface area contributed by atoms with E-state index in [0.717, 1.165) is 5.56 Å². The molecule has 154 valence electrons. The van der Waals surface area contributed by atoms with Crippen LogP contribution < -0.4 is 20.1 Å². The molecular weight excluding hydrogens is 368 g/mol. The van der Waals surface area contributed by atoms with E-state index in [4.69, 9.17) is 9.47 Å². The summed E-state index contributed by atoms with van der Waals surface area (Å²) in [6.45, 7) is 8.67. The number of carbonyl (C=O) groups excluding carboxylic acids is 2. The lowest BCUT2D eigenvalue weighted by Gasteiger charge is -2.27. The molecule has 2 aromatic carbocycles. The summed E-state index contributed by atoms with van der Waals surface area (Å²) in [5.74, 6) is 0.817. The van der Waals surface area contributed by atoms with Crippen molar-refractivity contribution < 1.29 is 19.1 Å². The minimum Gasteiger partial charge on any atom is -0.486 e. The van der Waals surface area contributed by atoms with E-state index < -0.39 is 6.04 Å². The summed E-state index contributed by atoms with van der Waals surface area (Å²) < 4.78 is 11.5. The Morgan fingerprint density at radius 2 is 1.72 bits per heavy atom. The second-order valence-electron chi connectivity index (χ2n) is 8.27. The Hall–Kier alpha value is -3.02. The van der Waals surface area contributed by atoms with Crippen LogP contribution in [-0.4, -0.2) is 37.1 Å². The van der Waals surface area contributed by atoms with Gasteiger partial charge in [-0.25, -0.2) is 0 Å². The molecule has 6 heteroatoms. The highest BCUT2D eigenvalue weighted by molar-refractivity contribution is 5.97. The Morgan fingerprint density at radius 1 is 1.07 bits per heavy atom. The summed E-state index contributed by atoms with van der Waals surface area (Å²) in [5, 5.41) is 5.54. The van der Waals surface area contributed by atoms with Crippen LogP contribution in [0.3, 0.4) is 0 Å². The fourth-order valence-electron chi connectivity index (χ4n) is 3.00. The third kappa shape index (κ3) is 5.28. The molecular formula is C23H28N2O4. The van der Waals surface area contributed by atoms with Crippen molar-refractivity contribution in [1.82, 2.24) is 10.6 Å². The third-order valence-corrected chi connectivity index (χ3v) is 4.83. The van der Waals surface area contributed by atoms with Crippen LogP contribution in [0.15, 0.2) is 48.5 Å². The predicted molar refractivity (Wildman–Crippen MR) is 111 cm³/mol. The third-order valence-electron chi connectivity index (χ3n) is 4.83. The zero-order valence-corrected chi connectivity index (χ0v) is 17.3. The largest absolute Gasteiger partial charge is 0.486 e. The molecule has 0 spiro atoms. The number of hydrogen-bond acceptors (Lipinski definition) is 4. The Labute approximate surface area is 171 Å². The van der Waals surface area contributed by atoms with E-state index in [1.807, 2.05) is 36.4 Å². The van der Waals surface area contributed by atoms with Crippen molar-refractivity contribution in [2.45, 2.75) is 45.3 Å². The average molecular weight is 396 g/mol. The van der Waals surface area contributed by atoms with Gasteiger partial charge in [0.25, 0.3) is 5.91 Å². The first-order chi connectivity index (χ1) is 13.7. The number of hydrogen-bond donors (Lipinski definition) is 2. The molecule has 0 aliphatic carbocycles. The maximum absolute atomic E-state index is 12.4. The fourth-order valence-corrected chi connectivity index (χ4v) is 3.00. The molecule has 0 aromatic heterocycles. The Morgan fingerprint density at radius 3 is 2.38 bits per heavy atom. The van der Waals surface area contributed by atoms with E-state index in [9.17, 15) is 9.59 Å². The van der Waals surface area contributed by atoms with Gasteiger partial charge in [0, 0.05) is 5.56 Å². The number of ether oxygens (including phenoxy) is 2. The summed E-state index contributed by atoms with van der Waals surface area (Å²) in [5.41, 5.74) is 1.70. The van der Waals surface area contributed by atoms with Gasteiger partial charge in [-0.3, -0.25) is 9.59 Å². The second kappa shape index (κ2) is 8.55. The first-order valence-corrected chi connectivity index (χ1v) is 9.81. The van der Waals surface area contributed by atoms with Crippen LogP contribution in [0, 0.1) is 0 Å². The van der Waals surface area contributed by atoms with E-state index in [2.05, 4.69) is 31.4 Å². The van der Waals surface area contributed by atoms with Crippen LogP contribution >= 0.6 is 0 Å². The van der Waals surface area contributed by atoms with E-state index in [1.165, 1.54) is 0 Å². The van der Waals surface area contributed by atoms with Crippen LogP contribution in [-0.2, 0) is 10.2 Å². The van der Waals surface area contributed by atoms with E-state index in [1.54, 1.807) is 19.1 Å². The molecule has 0 bridgehead atoms. The number of amides is 2. The molecule has 2 amide bonds. The minimum absolute atomic E-state index is 0.0214. The molecule has 6 nitrogen and oxygen atoms in total. The van der Waals surface area contributed by atoms with E-state index >= 15 is 0 Å². The number of para-hydroxylation sites is 2. The van der Waals surface area contributed by atoms with Crippen molar-refractivity contribution in [2.24, 2.45) is 0 Å². The molecule has 0 radical (unpaired) electrons. The van der Waals surface area contributed by atoms with Crippen molar-refractivity contribution >= 4 is 11.8 Å². The standard InChI is InChI=1S/C23H28N2O4/c1-15(25-22(27)16-9-11-17(12-10-16)23(2,3)4)21(26)24-13-18-14-28-19-7-5-6-8-20(19)29-18/h5-12,15,18H,13-14H2,1-4H3,(H,24,26)(H,25,27). The summed E-state index contributed by atoms with van der Waals surface area (Å²) >= 11 is 0. The molecule has 2 atom stereocenters. The molecule has 0 saturated heterocycles. The van der Waals surface area contributed by atoms with Crippen molar-refractivity contribution in [3.8, 4) is 11.5 Å². The number of fused-ring (bicyclic) bond motifs is 1. The second-order valence-corrected chi connectivity index (χ2v) is 8.27. The van der Waals surface area contributed by atoms with Gasteiger partial charge in [-0.15, -0.1) is 0 Å². The predicted octanol–water partition coefficient (Wildman–Crippen LogP) is 3.06. The van der Waals surface area contributed by atoms with Crippen molar-refractivity contribution in [2.75, 3.05) is 13.2 Å². The highest BCUT2D eigenvalue weighted by Crippen LogP contribution is 2.30. The minimum atomic E-state index is -0.665. The van der Waals surface area contributed by atoms with E-state index in [-0.39, 0.29) is 23.3 Å². The van der Waals surface area contributed by atoms with Gasteiger partial charge in [0.1, 0.15) is 18.8 Å². The molecule has 2 unspecified atom stereocenters. The Balaban J connectivity index is 1.48. The van der Waals surface area contributed by atoms with Crippen LogP contribution in [0.2, 0.25) is 0 Å². The zero-order valence-electron chi connectivity index (χ0n) is 17.3. The Kier molecular flexibility index (Phi) is 6.11. The summed E-state index contributed by atoms with van der Waals surface area (Å²) in [4.78, 5) is 24.8. The van der Waals surface area contributed by atoms with Gasteiger partial charge in [-0.05, 0) is 42.2 Å². The Bertz CT molecular complexity index is 871. The topological polar surface area (TPSA) is 76.7 Å². The maximum atomic E-state index is 12.4. The van der Waals surface area contributed by atoms with Gasteiger partial charge in [-0.1, -0.05) is 45.0 Å². The van der Waals surface area contributed by atoms with Gasteiger partial charge in [-0.2, -0.15) is 0 Å². The maximum Gasteiger partial charge on any atom is 0.251 e. The quantitative estimate of drug-likeness (QED) is 0.814. The zero-order chi connectivity index (χ0) is 21.0. The van der Waals surface area contributed by atoms with Gasteiger partial charge in [0.15, 0.2) is 11.5 Å². The molecule has 0 fully saturated rings. The normalized spacial score (nSPS) is 16.6. The number of benzene rings is 2. The van der Waals surface area contributed by atoms with E-state index in [0.29, 0.717) is 30.2 Å². The molecule has 2 aromatic rings. The highest BCUT2D eigenvalue weighted by Gasteiger charge is 2.23. The van der Waals surface area contributed by atoms with Gasteiger partial charge in [0.2, 0.25) is 5.91 Å². The van der Waals surface area contributed by atoms with Crippen LogP contribution in [0.25, 0.3) is 0 Å². The van der Waals surface area contributed by atoms with Crippen molar-refractivity contribution in [3.63, 3.8) is 0 Å². The monoisotopic (exact) mass is 396 g/mol. The molecule has 2 N–H and O–H groups in total. The highest BCUT2D eigenvalue weighted by atomic mass is 16.6. The molecule has 1 heterocycles. The van der Waals surface area contributed by atoms with Crippen molar-refractivity contribution in [1.29, 1.82) is 0 Å². The van der Waals surface area contributed by atoms with Crippen LogP contribution in [0.4, 0.5) is 0 Å². The van der Waals surface area contributed by atoms with Gasteiger partial charge >= 0.3 is 0 Å². The first kappa shape index (κ1) is 20.7. The summed E-state index contributed by atoms with van der Waals surface area (Å²) in [6, 6.07) is 14.2. The van der Waals surface area contributed by atoms with Gasteiger partial charge in [0.05, 0.1) is 6.54 Å². The smallest absolute Gasteiger partial charge is 0.251 e. The fraction of sp³-hybridized carbons (Fsp3) is 0.391. The first-order valence-electron chi connectivity index (χ1n) is 9.81. The number of nitrogens with one attached hydrogen (secondary N) is 2. The molecule has 29 heavy (non-hydrogen) atoms. The van der Waals surface area contributed by atoms with Gasteiger partial charge < -0.3 is 20.1 Å². The summed E-state index contributed by atoms with van der Waals surface area (Å²) in [6.07, 6.45) is -0.276. The molecule has 1 aliphatic heterocycles. The number of carbonyl (C=O) groups is 2. The molecule has 0 saturated carbocycles. The lowest BCUT2D eigenvalue weighted by atomic mass is 9.86. The van der Waals surface area contributed by atoms with Crippen LogP contribution in [0.5, 0.6) is 11.5 Å². The molecule has 3 rings (SSSR count). The number of rotatable bonds is 5. The SMILES string of the molecule is CC(NC(=O)c1ccc(C(C)(C)C)cc1)C(=O)NCC1COc2ccccc2O1.